The van der Waals surface area contributed by atoms with Crippen molar-refractivity contribution >= 4 is 28.6 Å². The van der Waals surface area contributed by atoms with E-state index in [1.807, 2.05) is 31.2 Å². The second-order valence-electron chi connectivity index (χ2n) is 6.45. The van der Waals surface area contributed by atoms with Crippen molar-refractivity contribution in [2.45, 2.75) is 32.1 Å². The Kier molecular flexibility index (Phi) is 5.58. The highest BCUT2D eigenvalue weighted by Crippen LogP contribution is 2.44. The zero-order valence-electron chi connectivity index (χ0n) is 14.8. The van der Waals surface area contributed by atoms with E-state index in [1.54, 1.807) is 0 Å². The fourth-order valence-corrected chi connectivity index (χ4v) is 4.33. The fourth-order valence-electron chi connectivity index (χ4n) is 3.40. The van der Waals surface area contributed by atoms with E-state index in [2.05, 4.69) is 11.1 Å². The summed E-state index contributed by atoms with van der Waals surface area (Å²) in [6.45, 7) is 2.00. The molecular weight excluding hydrogens is 348 g/mol. The van der Waals surface area contributed by atoms with Crippen molar-refractivity contribution in [2.24, 2.45) is 10.9 Å². The predicted molar refractivity (Wildman–Crippen MR) is 101 cm³/mol. The van der Waals surface area contributed by atoms with Crippen LogP contribution in [0.5, 0.6) is 0 Å². The van der Waals surface area contributed by atoms with Crippen molar-refractivity contribution in [1.29, 1.82) is 5.26 Å². The van der Waals surface area contributed by atoms with Gasteiger partial charge < -0.3 is 4.74 Å². The molecular formula is C20H20N2O3S. The minimum absolute atomic E-state index is 0.0813. The molecule has 0 saturated carbocycles. The molecule has 1 aromatic rings. The van der Waals surface area contributed by atoms with Crippen LogP contribution >= 0.6 is 11.8 Å². The summed E-state index contributed by atoms with van der Waals surface area (Å²) in [5.74, 6) is -1.09. The molecule has 6 heteroatoms. The van der Waals surface area contributed by atoms with Crippen LogP contribution in [0.1, 0.15) is 36.3 Å². The summed E-state index contributed by atoms with van der Waals surface area (Å²) in [5, 5.41) is 10.4. The first-order valence-corrected chi connectivity index (χ1v) is 9.54. The molecule has 1 aromatic carbocycles. The summed E-state index contributed by atoms with van der Waals surface area (Å²) in [7, 11) is 1.34. The zero-order valence-corrected chi connectivity index (χ0v) is 15.6. The van der Waals surface area contributed by atoms with Gasteiger partial charge in [0.25, 0.3) is 0 Å². The molecule has 1 aliphatic heterocycles. The Bertz CT molecular complexity index is 834. The van der Waals surface area contributed by atoms with E-state index in [1.165, 1.54) is 18.9 Å². The molecule has 5 nitrogen and oxygen atoms in total. The lowest BCUT2D eigenvalue weighted by molar-refractivity contribution is -0.137. The van der Waals surface area contributed by atoms with Gasteiger partial charge in [-0.3, -0.25) is 9.59 Å². The van der Waals surface area contributed by atoms with E-state index in [-0.39, 0.29) is 23.4 Å². The van der Waals surface area contributed by atoms with Gasteiger partial charge >= 0.3 is 5.97 Å². The van der Waals surface area contributed by atoms with Crippen LogP contribution in [0.3, 0.4) is 0 Å². The molecule has 134 valence electrons. The topological polar surface area (TPSA) is 79.5 Å². The number of ether oxygens (including phenoxy) is 1. The number of carbonyl (C=O) groups is 2. The van der Waals surface area contributed by atoms with Crippen LogP contribution in [0.15, 0.2) is 40.5 Å². The molecule has 1 heterocycles. The van der Waals surface area contributed by atoms with Gasteiger partial charge in [-0.05, 0) is 25.3 Å². The number of nitriles is 1. The highest BCUT2D eigenvalue weighted by Gasteiger charge is 2.40. The van der Waals surface area contributed by atoms with Crippen molar-refractivity contribution in [3.8, 4) is 6.07 Å². The summed E-state index contributed by atoms with van der Waals surface area (Å²) < 4.78 is 4.69. The normalized spacial score (nSPS) is 22.3. The van der Waals surface area contributed by atoms with Gasteiger partial charge in [0, 0.05) is 23.6 Å². The highest BCUT2D eigenvalue weighted by molar-refractivity contribution is 8.14. The molecule has 1 unspecified atom stereocenters. The number of nitrogens with zero attached hydrogens (tertiary/aromatic N) is 2. The van der Waals surface area contributed by atoms with E-state index in [9.17, 15) is 14.9 Å². The van der Waals surface area contributed by atoms with Crippen molar-refractivity contribution in [3.05, 3.63) is 46.7 Å². The molecule has 0 aromatic heterocycles. The Labute approximate surface area is 157 Å². The molecule has 0 N–H and O–H groups in total. The highest BCUT2D eigenvalue weighted by atomic mass is 32.2. The first-order valence-electron chi connectivity index (χ1n) is 8.55. The Morgan fingerprint density at radius 3 is 2.73 bits per heavy atom. The lowest BCUT2D eigenvalue weighted by atomic mass is 9.74. The quantitative estimate of drug-likeness (QED) is 0.762. The minimum atomic E-state index is -0.576. The second kappa shape index (κ2) is 7.88. The van der Waals surface area contributed by atoms with Crippen LogP contribution in [-0.4, -0.2) is 29.7 Å². The monoisotopic (exact) mass is 368 g/mol. The van der Waals surface area contributed by atoms with Gasteiger partial charge in [-0.15, -0.1) is 0 Å². The van der Waals surface area contributed by atoms with E-state index in [0.29, 0.717) is 17.0 Å². The Balaban J connectivity index is 2.05. The molecule has 0 fully saturated rings. The van der Waals surface area contributed by atoms with Gasteiger partial charge in [0.15, 0.2) is 5.78 Å². The first kappa shape index (κ1) is 18.4. The third-order valence-corrected chi connectivity index (χ3v) is 5.75. The van der Waals surface area contributed by atoms with E-state index in [0.717, 1.165) is 29.7 Å². The lowest BCUT2D eigenvalue weighted by Crippen LogP contribution is -2.31. The standard InChI is InChI=1S/C20H20N2O3S/c1-12-6-8-13(9-7-12)18-14(10-21)20(26-11-17(24)25-2)22-15-4-3-5-16(23)19(15)18/h6-9,14,18H,3-5,11H2,1-2H3/t14?,18-/m0/s1. The number of hydrogen-bond donors (Lipinski definition) is 0. The van der Waals surface area contributed by atoms with Crippen LogP contribution < -0.4 is 0 Å². The van der Waals surface area contributed by atoms with Gasteiger partial charge in [0.05, 0.1) is 24.0 Å². The lowest BCUT2D eigenvalue weighted by Gasteiger charge is -2.33. The SMILES string of the molecule is COC(=O)CSC1=NC2=C(C(=O)CCC2)[C@@H](c2ccc(C)cc2)C1C#N. The van der Waals surface area contributed by atoms with E-state index < -0.39 is 5.92 Å². The number of ketones is 1. The smallest absolute Gasteiger partial charge is 0.316 e. The molecule has 3 rings (SSSR count). The van der Waals surface area contributed by atoms with Gasteiger partial charge in [-0.2, -0.15) is 5.26 Å². The molecule has 0 spiro atoms. The third-order valence-electron chi connectivity index (χ3n) is 4.73. The molecule has 0 amide bonds. The predicted octanol–water partition coefficient (Wildman–Crippen LogP) is 3.54. The van der Waals surface area contributed by atoms with Gasteiger partial charge in [0.1, 0.15) is 5.92 Å². The van der Waals surface area contributed by atoms with Gasteiger partial charge in [0.2, 0.25) is 0 Å². The van der Waals surface area contributed by atoms with Crippen LogP contribution in [0.2, 0.25) is 0 Å². The van der Waals surface area contributed by atoms with E-state index in [4.69, 9.17) is 4.74 Å². The molecule has 26 heavy (non-hydrogen) atoms. The Morgan fingerprint density at radius 1 is 1.35 bits per heavy atom. The summed E-state index contributed by atoms with van der Waals surface area (Å²) >= 11 is 1.23. The number of allylic oxidation sites excluding steroid dienone is 2. The van der Waals surface area contributed by atoms with E-state index >= 15 is 0 Å². The van der Waals surface area contributed by atoms with Crippen molar-refractivity contribution < 1.29 is 14.3 Å². The summed E-state index contributed by atoms with van der Waals surface area (Å²) in [5.41, 5.74) is 3.51. The third kappa shape index (κ3) is 3.58. The Morgan fingerprint density at radius 2 is 2.08 bits per heavy atom. The van der Waals surface area contributed by atoms with Crippen LogP contribution in [0.25, 0.3) is 0 Å². The molecule has 2 atom stereocenters. The number of esters is 1. The molecule has 2 aliphatic rings. The number of benzene rings is 1. The number of hydrogen-bond acceptors (Lipinski definition) is 6. The number of rotatable bonds is 3. The molecule has 0 saturated heterocycles. The largest absolute Gasteiger partial charge is 0.468 e. The first-order chi connectivity index (χ1) is 12.5. The molecule has 0 bridgehead atoms. The number of Topliss-reactive ketones (excluding diaryl/α,β-unsaturated/α-hetero) is 1. The summed E-state index contributed by atoms with van der Waals surface area (Å²) in [4.78, 5) is 28.8. The maximum atomic E-state index is 12.6. The van der Waals surface area contributed by atoms with Gasteiger partial charge in [-0.1, -0.05) is 41.6 Å². The molecule has 1 aliphatic carbocycles. The zero-order chi connectivity index (χ0) is 18.7. The van der Waals surface area contributed by atoms with Crippen molar-refractivity contribution in [2.75, 3.05) is 12.9 Å². The van der Waals surface area contributed by atoms with Crippen LogP contribution in [-0.2, 0) is 14.3 Å². The van der Waals surface area contributed by atoms with Crippen molar-refractivity contribution in [3.63, 3.8) is 0 Å². The minimum Gasteiger partial charge on any atom is -0.468 e. The second-order valence-corrected chi connectivity index (χ2v) is 7.44. The number of aliphatic imine (C=N–C) groups is 1. The number of aryl methyl sites for hydroxylation is 1. The van der Waals surface area contributed by atoms with Crippen molar-refractivity contribution in [1.82, 2.24) is 0 Å². The Hall–Kier alpha value is -2.39. The maximum Gasteiger partial charge on any atom is 0.316 e. The fraction of sp³-hybridized carbons (Fsp3) is 0.400. The average molecular weight is 368 g/mol. The number of methoxy groups -OCH3 is 1. The van der Waals surface area contributed by atoms with Gasteiger partial charge in [-0.25, -0.2) is 4.99 Å². The maximum absolute atomic E-state index is 12.6. The average Bonchev–Trinajstić information content (AvgIpc) is 2.65. The summed E-state index contributed by atoms with van der Waals surface area (Å²) in [6.07, 6.45) is 2.00. The molecule has 0 radical (unpaired) electrons. The van der Waals surface area contributed by atoms with Crippen LogP contribution in [0, 0.1) is 24.2 Å². The number of thioether (sulfide) groups is 1. The number of carbonyl (C=O) groups excluding carboxylic acids is 2. The summed E-state index contributed by atoms with van der Waals surface area (Å²) in [6, 6.07) is 10.3. The van der Waals surface area contributed by atoms with Crippen LogP contribution in [0.4, 0.5) is 0 Å².